The molecule has 7 heteroatoms. The van der Waals surface area contributed by atoms with E-state index in [1.807, 2.05) is 0 Å². The standard InChI is InChI=1S/C8H23NO4Si2/c1-10-7(11-2,14-5)9-8(12-3,13-4)15-6/h9H,14-15H2,1-6H3. The summed E-state index contributed by atoms with van der Waals surface area (Å²) < 4.78 is 21.6. The first kappa shape index (κ1) is 15.2. The highest BCUT2D eigenvalue weighted by atomic mass is 28.2. The zero-order chi connectivity index (χ0) is 11.9. The highest BCUT2D eigenvalue weighted by molar-refractivity contribution is 6.39. The van der Waals surface area contributed by atoms with E-state index in [-0.39, 0.29) is 0 Å². The molecule has 0 aliphatic heterocycles. The van der Waals surface area contributed by atoms with Crippen LogP contribution in [-0.4, -0.2) is 58.5 Å². The van der Waals surface area contributed by atoms with Crippen molar-refractivity contribution in [2.24, 2.45) is 0 Å². The molecule has 92 valence electrons. The molecular weight excluding hydrogens is 230 g/mol. The lowest BCUT2D eigenvalue weighted by Gasteiger charge is -2.40. The Balaban J connectivity index is 4.74. The average Bonchev–Trinajstić information content (AvgIpc) is 2.33. The van der Waals surface area contributed by atoms with Gasteiger partial charge in [-0.2, -0.15) is 0 Å². The van der Waals surface area contributed by atoms with Crippen molar-refractivity contribution in [3.8, 4) is 0 Å². The van der Waals surface area contributed by atoms with Gasteiger partial charge >= 0.3 is 0 Å². The predicted octanol–water partition coefficient (Wildman–Crippen LogP) is -1.18. The first-order valence-corrected chi connectivity index (χ1v) is 9.31. The molecule has 0 spiro atoms. The smallest absolute Gasteiger partial charge is 0.200 e. The molecule has 0 atom stereocenters. The van der Waals surface area contributed by atoms with Crippen molar-refractivity contribution in [1.29, 1.82) is 0 Å². The third-order valence-corrected chi connectivity index (χ3v) is 6.00. The van der Waals surface area contributed by atoms with Crippen molar-refractivity contribution in [3.63, 3.8) is 0 Å². The molecule has 0 rings (SSSR count). The van der Waals surface area contributed by atoms with Crippen LogP contribution in [0, 0.1) is 0 Å². The minimum Gasteiger partial charge on any atom is -0.345 e. The summed E-state index contributed by atoms with van der Waals surface area (Å²) in [5.41, 5.74) is -1.43. The van der Waals surface area contributed by atoms with Crippen LogP contribution >= 0.6 is 0 Å². The number of nitrogens with one attached hydrogen (secondary N) is 1. The van der Waals surface area contributed by atoms with Crippen molar-refractivity contribution in [2.75, 3.05) is 28.4 Å². The third kappa shape index (κ3) is 3.63. The molecule has 0 saturated heterocycles. The van der Waals surface area contributed by atoms with Gasteiger partial charge in [-0.1, -0.05) is 13.1 Å². The van der Waals surface area contributed by atoms with Crippen LogP contribution in [0.2, 0.25) is 13.1 Å². The molecule has 0 heterocycles. The Labute approximate surface area is 96.4 Å². The SMILES string of the molecule is COC(NC(OC)(OC)[SiH2]C)(OC)[SiH2]C. The molecule has 0 aromatic heterocycles. The van der Waals surface area contributed by atoms with Gasteiger partial charge in [0.15, 0.2) is 0 Å². The molecule has 0 bridgehead atoms. The molecule has 15 heavy (non-hydrogen) atoms. The van der Waals surface area contributed by atoms with Gasteiger partial charge in [0.05, 0.1) is 0 Å². The number of methoxy groups -OCH3 is 4. The van der Waals surface area contributed by atoms with Gasteiger partial charge in [-0.3, -0.25) is 0 Å². The van der Waals surface area contributed by atoms with Crippen LogP contribution in [0.1, 0.15) is 0 Å². The Morgan fingerprint density at radius 3 is 1.13 bits per heavy atom. The predicted molar refractivity (Wildman–Crippen MR) is 65.4 cm³/mol. The molecule has 0 aliphatic rings. The Kier molecular flexibility index (Phi) is 6.84. The molecule has 0 aromatic carbocycles. The van der Waals surface area contributed by atoms with Crippen molar-refractivity contribution in [3.05, 3.63) is 0 Å². The van der Waals surface area contributed by atoms with Gasteiger partial charge < -0.3 is 18.9 Å². The van der Waals surface area contributed by atoms with Gasteiger partial charge in [0.2, 0.25) is 11.1 Å². The van der Waals surface area contributed by atoms with Gasteiger partial charge in [-0.15, -0.1) is 0 Å². The maximum atomic E-state index is 5.39. The van der Waals surface area contributed by atoms with Crippen molar-refractivity contribution < 1.29 is 18.9 Å². The lowest BCUT2D eigenvalue weighted by Crippen LogP contribution is -2.66. The maximum Gasteiger partial charge on any atom is 0.200 e. The number of rotatable bonds is 8. The van der Waals surface area contributed by atoms with Crippen LogP contribution in [0.4, 0.5) is 0 Å². The summed E-state index contributed by atoms with van der Waals surface area (Å²) in [6.07, 6.45) is 0. The van der Waals surface area contributed by atoms with E-state index in [4.69, 9.17) is 18.9 Å². The largest absolute Gasteiger partial charge is 0.345 e. The summed E-state index contributed by atoms with van der Waals surface area (Å²) in [4.78, 5) is 0. The Hall–Kier alpha value is 0.234. The number of ether oxygens (including phenoxy) is 4. The Bertz CT molecular complexity index is 139. The van der Waals surface area contributed by atoms with E-state index in [9.17, 15) is 0 Å². The monoisotopic (exact) mass is 253 g/mol. The first-order valence-electron chi connectivity index (χ1n) is 5.07. The molecule has 0 saturated carbocycles. The van der Waals surface area contributed by atoms with Crippen molar-refractivity contribution in [1.82, 2.24) is 5.32 Å². The molecule has 0 aliphatic carbocycles. The van der Waals surface area contributed by atoms with E-state index in [0.717, 1.165) is 0 Å². The van der Waals surface area contributed by atoms with Gasteiger partial charge in [0, 0.05) is 28.4 Å². The molecule has 1 N–H and O–H groups in total. The van der Waals surface area contributed by atoms with Crippen LogP contribution in [0.3, 0.4) is 0 Å². The lowest BCUT2D eigenvalue weighted by atomic mass is 10.9. The molecule has 0 aromatic rings. The van der Waals surface area contributed by atoms with E-state index < -0.39 is 30.1 Å². The zero-order valence-corrected chi connectivity index (χ0v) is 13.4. The van der Waals surface area contributed by atoms with Crippen LogP contribution < -0.4 is 5.32 Å². The van der Waals surface area contributed by atoms with E-state index in [1.165, 1.54) is 0 Å². The molecule has 0 fully saturated rings. The lowest BCUT2D eigenvalue weighted by molar-refractivity contribution is -0.253. The minimum absolute atomic E-state index is 0.580. The zero-order valence-electron chi connectivity index (χ0n) is 10.5. The maximum absolute atomic E-state index is 5.39. The fourth-order valence-electron chi connectivity index (χ4n) is 1.42. The van der Waals surface area contributed by atoms with Gasteiger partial charge in [-0.25, -0.2) is 5.32 Å². The molecule has 0 amide bonds. The first-order chi connectivity index (χ1) is 7.07. The molecular formula is C8H23NO4Si2. The Morgan fingerprint density at radius 2 is 1.00 bits per heavy atom. The summed E-state index contributed by atoms with van der Waals surface area (Å²) in [5, 5.41) is 3.21. The van der Waals surface area contributed by atoms with E-state index in [2.05, 4.69) is 18.4 Å². The van der Waals surface area contributed by atoms with Gasteiger partial charge in [0.25, 0.3) is 0 Å². The fourth-order valence-corrected chi connectivity index (χ4v) is 3.71. The minimum atomic E-state index is -0.713. The van der Waals surface area contributed by atoms with Gasteiger partial charge in [-0.05, 0) is 0 Å². The third-order valence-electron chi connectivity index (χ3n) is 2.63. The van der Waals surface area contributed by atoms with Crippen molar-refractivity contribution in [2.45, 2.75) is 24.2 Å². The van der Waals surface area contributed by atoms with Crippen LogP contribution in [0.5, 0.6) is 0 Å². The second kappa shape index (κ2) is 6.74. The second-order valence-electron chi connectivity index (χ2n) is 3.15. The highest BCUT2D eigenvalue weighted by Crippen LogP contribution is 2.14. The quantitative estimate of drug-likeness (QED) is 0.436. The normalized spacial score (nSPS) is 14.8. The van der Waals surface area contributed by atoms with Crippen LogP contribution in [0.25, 0.3) is 0 Å². The van der Waals surface area contributed by atoms with Gasteiger partial charge in [0.1, 0.15) is 19.0 Å². The molecule has 0 radical (unpaired) electrons. The Morgan fingerprint density at radius 1 is 0.733 bits per heavy atom. The van der Waals surface area contributed by atoms with Crippen LogP contribution in [0.15, 0.2) is 0 Å². The van der Waals surface area contributed by atoms with Crippen molar-refractivity contribution >= 4 is 19.0 Å². The number of hydrogen-bond acceptors (Lipinski definition) is 5. The summed E-state index contributed by atoms with van der Waals surface area (Å²) in [7, 11) is 5.34. The van der Waals surface area contributed by atoms with E-state index in [0.29, 0.717) is 0 Å². The topological polar surface area (TPSA) is 49.0 Å². The fraction of sp³-hybridized carbons (Fsp3) is 1.00. The molecule has 5 nitrogen and oxygen atoms in total. The number of hydrogen-bond donors (Lipinski definition) is 1. The summed E-state index contributed by atoms with van der Waals surface area (Å²) >= 11 is 0. The second-order valence-corrected chi connectivity index (χ2v) is 6.43. The summed E-state index contributed by atoms with van der Waals surface area (Å²) in [6.45, 7) is 4.21. The summed E-state index contributed by atoms with van der Waals surface area (Å²) in [6, 6.07) is 0. The molecule has 0 unspecified atom stereocenters. The van der Waals surface area contributed by atoms with Crippen LogP contribution in [-0.2, 0) is 18.9 Å². The highest BCUT2D eigenvalue weighted by Gasteiger charge is 2.39. The average molecular weight is 253 g/mol. The van der Waals surface area contributed by atoms with E-state index in [1.54, 1.807) is 28.4 Å². The van der Waals surface area contributed by atoms with E-state index >= 15 is 0 Å². The summed E-state index contributed by atoms with van der Waals surface area (Å²) in [5.74, 6) is 0.